The van der Waals surface area contributed by atoms with Crippen molar-refractivity contribution in [2.24, 2.45) is 0 Å². The maximum Gasteiger partial charge on any atom is 0.337 e. The van der Waals surface area contributed by atoms with Gasteiger partial charge in [0.15, 0.2) is 11.5 Å². The van der Waals surface area contributed by atoms with Crippen molar-refractivity contribution in [3.63, 3.8) is 0 Å². The van der Waals surface area contributed by atoms with Gasteiger partial charge in [0.25, 0.3) is 0 Å². The highest BCUT2D eigenvalue weighted by atomic mass is 32.1. The first kappa shape index (κ1) is 18.5. The van der Waals surface area contributed by atoms with Crippen LogP contribution in [0.1, 0.15) is 23.3 Å². The molecule has 0 spiro atoms. The summed E-state index contributed by atoms with van der Waals surface area (Å²) in [5.41, 5.74) is 1.04. The van der Waals surface area contributed by atoms with Crippen LogP contribution < -0.4 is 9.47 Å². The molecule has 1 saturated heterocycles. The van der Waals surface area contributed by atoms with Crippen molar-refractivity contribution in [1.29, 1.82) is 0 Å². The van der Waals surface area contributed by atoms with E-state index in [-0.39, 0.29) is 5.57 Å². The van der Waals surface area contributed by atoms with Gasteiger partial charge in [-0.2, -0.15) is 0 Å². The Morgan fingerprint density at radius 2 is 2.08 bits per heavy atom. The summed E-state index contributed by atoms with van der Waals surface area (Å²) in [4.78, 5) is 14.7. The standard InChI is InChI=1S/C20H23NO4S/c1-24-17-7-6-15(13-16(20(22)23)19-5-4-12-26-19)14-18(17)25-11-10-21-8-2-3-9-21/h4-7,12-14H,2-3,8-11H2,1H3,(H,22,23)/b16-13-. The number of thiophene rings is 1. The zero-order valence-electron chi connectivity index (χ0n) is 14.8. The fourth-order valence-corrected chi connectivity index (χ4v) is 3.76. The molecule has 0 saturated carbocycles. The summed E-state index contributed by atoms with van der Waals surface area (Å²) in [6.45, 7) is 3.73. The van der Waals surface area contributed by atoms with Crippen LogP contribution in [0.15, 0.2) is 35.7 Å². The average Bonchev–Trinajstić information content (AvgIpc) is 3.33. The number of nitrogens with zero attached hydrogens (tertiary/aromatic N) is 1. The van der Waals surface area contributed by atoms with Gasteiger partial charge in [0.2, 0.25) is 0 Å². The van der Waals surface area contributed by atoms with Crippen molar-refractivity contribution in [3.8, 4) is 11.5 Å². The van der Waals surface area contributed by atoms with E-state index in [1.165, 1.54) is 24.2 Å². The molecule has 3 rings (SSSR count). The van der Waals surface area contributed by atoms with Gasteiger partial charge in [0.05, 0.1) is 12.7 Å². The predicted octanol–water partition coefficient (Wildman–Crippen LogP) is 3.86. The number of carboxylic acids is 1. The van der Waals surface area contributed by atoms with E-state index in [0.29, 0.717) is 18.1 Å². The SMILES string of the molecule is COc1ccc(/C=C(\C(=O)O)c2cccs2)cc1OCCN1CCCC1. The first-order valence-electron chi connectivity index (χ1n) is 8.69. The van der Waals surface area contributed by atoms with E-state index in [2.05, 4.69) is 4.90 Å². The van der Waals surface area contributed by atoms with Gasteiger partial charge < -0.3 is 14.6 Å². The van der Waals surface area contributed by atoms with Crippen LogP contribution in [-0.4, -0.2) is 49.3 Å². The van der Waals surface area contributed by atoms with E-state index in [9.17, 15) is 9.90 Å². The molecule has 6 heteroatoms. The predicted molar refractivity (Wildman–Crippen MR) is 104 cm³/mol. The third kappa shape index (κ3) is 4.65. The zero-order valence-corrected chi connectivity index (χ0v) is 15.6. The molecule has 1 aromatic heterocycles. The van der Waals surface area contributed by atoms with Gasteiger partial charge in [0, 0.05) is 11.4 Å². The van der Waals surface area contributed by atoms with Crippen LogP contribution in [0.5, 0.6) is 11.5 Å². The van der Waals surface area contributed by atoms with Crippen molar-refractivity contribution in [2.75, 3.05) is 33.4 Å². The van der Waals surface area contributed by atoms with Gasteiger partial charge in [-0.3, -0.25) is 4.90 Å². The molecule has 0 radical (unpaired) electrons. The first-order chi connectivity index (χ1) is 12.7. The highest BCUT2D eigenvalue weighted by Gasteiger charge is 2.14. The molecule has 0 atom stereocenters. The normalized spacial score (nSPS) is 15.2. The Labute approximate surface area is 157 Å². The maximum atomic E-state index is 11.6. The van der Waals surface area contributed by atoms with E-state index in [1.54, 1.807) is 13.2 Å². The van der Waals surface area contributed by atoms with Crippen LogP contribution in [0.3, 0.4) is 0 Å². The van der Waals surface area contributed by atoms with Crippen LogP contribution in [-0.2, 0) is 4.79 Å². The molecule has 1 aromatic carbocycles. The minimum Gasteiger partial charge on any atom is -0.493 e. The summed E-state index contributed by atoms with van der Waals surface area (Å²) in [6.07, 6.45) is 4.18. The van der Waals surface area contributed by atoms with Crippen LogP contribution in [0, 0.1) is 0 Å². The Morgan fingerprint density at radius 3 is 2.73 bits per heavy atom. The molecular formula is C20H23NO4S. The molecule has 5 nitrogen and oxygen atoms in total. The van der Waals surface area contributed by atoms with Crippen molar-refractivity contribution >= 4 is 29.0 Å². The molecule has 1 N–H and O–H groups in total. The largest absolute Gasteiger partial charge is 0.493 e. The number of hydrogen-bond acceptors (Lipinski definition) is 5. The zero-order chi connectivity index (χ0) is 18.4. The Morgan fingerprint density at radius 1 is 1.27 bits per heavy atom. The molecule has 0 aliphatic carbocycles. The average molecular weight is 373 g/mol. The van der Waals surface area contributed by atoms with Crippen LogP contribution in [0.2, 0.25) is 0 Å². The van der Waals surface area contributed by atoms with E-state index < -0.39 is 5.97 Å². The number of benzene rings is 1. The first-order valence-corrected chi connectivity index (χ1v) is 9.57. The fraction of sp³-hybridized carbons (Fsp3) is 0.350. The third-order valence-electron chi connectivity index (χ3n) is 4.38. The lowest BCUT2D eigenvalue weighted by atomic mass is 10.1. The number of aliphatic carboxylic acids is 1. The summed E-state index contributed by atoms with van der Waals surface area (Å²) in [6, 6.07) is 9.13. The molecule has 0 bridgehead atoms. The maximum absolute atomic E-state index is 11.6. The monoisotopic (exact) mass is 373 g/mol. The van der Waals surface area contributed by atoms with Gasteiger partial charge in [-0.05, 0) is 61.1 Å². The van der Waals surface area contributed by atoms with Crippen LogP contribution >= 0.6 is 11.3 Å². The summed E-state index contributed by atoms with van der Waals surface area (Å²) in [5.74, 6) is 0.340. The smallest absolute Gasteiger partial charge is 0.337 e. The number of hydrogen-bond donors (Lipinski definition) is 1. The third-order valence-corrected chi connectivity index (χ3v) is 5.28. The van der Waals surface area contributed by atoms with E-state index in [4.69, 9.17) is 9.47 Å². The van der Waals surface area contributed by atoms with Gasteiger partial charge in [0.1, 0.15) is 6.61 Å². The Balaban J connectivity index is 1.77. The highest BCUT2D eigenvalue weighted by Crippen LogP contribution is 2.30. The second-order valence-electron chi connectivity index (χ2n) is 6.15. The molecule has 1 aliphatic heterocycles. The summed E-state index contributed by atoms with van der Waals surface area (Å²) >= 11 is 1.41. The lowest BCUT2D eigenvalue weighted by Gasteiger charge is -2.16. The number of carbonyl (C=O) groups is 1. The molecule has 2 heterocycles. The number of methoxy groups -OCH3 is 1. The highest BCUT2D eigenvalue weighted by molar-refractivity contribution is 7.11. The number of ether oxygens (including phenoxy) is 2. The van der Waals surface area contributed by atoms with Crippen molar-refractivity contribution in [3.05, 3.63) is 46.2 Å². The van der Waals surface area contributed by atoms with E-state index in [1.807, 2.05) is 35.7 Å². The van der Waals surface area contributed by atoms with Gasteiger partial charge >= 0.3 is 5.97 Å². The topological polar surface area (TPSA) is 59.0 Å². The van der Waals surface area contributed by atoms with Gasteiger partial charge in [-0.1, -0.05) is 12.1 Å². The van der Waals surface area contributed by atoms with E-state index in [0.717, 1.165) is 30.1 Å². The summed E-state index contributed by atoms with van der Waals surface area (Å²) < 4.78 is 11.3. The molecule has 2 aromatic rings. The van der Waals surface area contributed by atoms with E-state index >= 15 is 0 Å². The van der Waals surface area contributed by atoms with Gasteiger partial charge in [-0.15, -0.1) is 11.3 Å². The quantitative estimate of drug-likeness (QED) is 0.712. The number of carboxylic acid groups (broad SMARTS) is 1. The second kappa shape index (κ2) is 8.87. The summed E-state index contributed by atoms with van der Waals surface area (Å²) in [7, 11) is 1.60. The minimum atomic E-state index is -0.945. The van der Waals surface area contributed by atoms with Crippen molar-refractivity contribution in [1.82, 2.24) is 4.90 Å². The summed E-state index contributed by atoms with van der Waals surface area (Å²) in [5, 5.41) is 11.4. The molecule has 1 aliphatic rings. The lowest BCUT2D eigenvalue weighted by molar-refractivity contribution is -0.130. The Hall–Kier alpha value is -2.31. The molecular weight excluding hydrogens is 350 g/mol. The fourth-order valence-electron chi connectivity index (χ4n) is 3.02. The Bertz CT molecular complexity index is 764. The van der Waals surface area contributed by atoms with Gasteiger partial charge in [-0.25, -0.2) is 4.79 Å². The minimum absolute atomic E-state index is 0.271. The molecule has 0 amide bonds. The van der Waals surface area contributed by atoms with Crippen LogP contribution in [0.4, 0.5) is 0 Å². The number of rotatable bonds is 8. The lowest BCUT2D eigenvalue weighted by Crippen LogP contribution is -2.25. The molecule has 138 valence electrons. The van der Waals surface area contributed by atoms with Crippen molar-refractivity contribution < 1.29 is 19.4 Å². The van der Waals surface area contributed by atoms with Crippen LogP contribution in [0.25, 0.3) is 11.6 Å². The van der Waals surface area contributed by atoms with Crippen molar-refractivity contribution in [2.45, 2.75) is 12.8 Å². The second-order valence-corrected chi connectivity index (χ2v) is 7.10. The molecule has 26 heavy (non-hydrogen) atoms. The number of likely N-dealkylation sites (tertiary alicyclic amines) is 1. The molecule has 0 unspecified atom stereocenters. The Kier molecular flexibility index (Phi) is 6.30. The molecule has 1 fully saturated rings.